The van der Waals surface area contributed by atoms with Gasteiger partial charge < -0.3 is 4.90 Å². The zero-order valence-corrected chi connectivity index (χ0v) is 15.4. The van der Waals surface area contributed by atoms with Gasteiger partial charge in [0, 0.05) is 34.5 Å². The second kappa shape index (κ2) is 7.08. The summed E-state index contributed by atoms with van der Waals surface area (Å²) in [5.74, 6) is 0.541. The third-order valence-corrected chi connectivity index (χ3v) is 6.89. The van der Waals surface area contributed by atoms with Gasteiger partial charge >= 0.3 is 6.03 Å². The zero-order valence-electron chi connectivity index (χ0n) is 13.8. The monoisotopic (exact) mass is 343 g/mol. The van der Waals surface area contributed by atoms with Crippen molar-refractivity contribution in [2.24, 2.45) is 0 Å². The Morgan fingerprint density at radius 3 is 2.77 bits per heavy atom. The highest BCUT2D eigenvalue weighted by atomic mass is 32.2. The lowest BCUT2D eigenvalue weighted by Crippen LogP contribution is -2.53. The van der Waals surface area contributed by atoms with Gasteiger partial charge in [0.15, 0.2) is 5.13 Å². The van der Waals surface area contributed by atoms with Gasteiger partial charge in [-0.2, -0.15) is 0 Å². The van der Waals surface area contributed by atoms with Crippen molar-refractivity contribution in [3.05, 3.63) is 10.6 Å². The second-order valence-corrected chi connectivity index (χ2v) is 9.44. The van der Waals surface area contributed by atoms with E-state index in [9.17, 15) is 9.00 Å². The third-order valence-electron chi connectivity index (χ3n) is 3.82. The Morgan fingerprint density at radius 1 is 1.45 bits per heavy atom. The van der Waals surface area contributed by atoms with E-state index in [1.807, 2.05) is 13.8 Å². The number of thiazole rings is 1. The number of anilines is 1. The maximum atomic E-state index is 12.4. The minimum atomic E-state index is -0.873. The number of amides is 2. The highest BCUT2D eigenvalue weighted by molar-refractivity contribution is 7.86. The molecule has 0 aliphatic carbocycles. The highest BCUT2D eigenvalue weighted by Crippen LogP contribution is 2.26. The van der Waals surface area contributed by atoms with Gasteiger partial charge in [0.25, 0.3) is 0 Å². The Morgan fingerprint density at radius 2 is 2.18 bits per heavy atom. The van der Waals surface area contributed by atoms with Gasteiger partial charge in [-0.1, -0.05) is 20.3 Å². The molecule has 1 N–H and O–H groups in total. The number of urea groups is 1. The molecule has 1 aliphatic rings. The first-order chi connectivity index (χ1) is 10.4. The average molecular weight is 344 g/mol. The predicted octanol–water partition coefficient (Wildman–Crippen LogP) is 3.03. The molecule has 0 bridgehead atoms. The Hall–Kier alpha value is -0.950. The number of aromatic nitrogens is 1. The molecule has 1 fully saturated rings. The molecule has 1 unspecified atom stereocenters. The number of carbonyl (C=O) groups excluding carboxylic acids is 1. The molecular formula is C15H25N3O2S2. The van der Waals surface area contributed by atoms with E-state index in [0.717, 1.165) is 25.0 Å². The fraction of sp³-hybridized carbons (Fsp3) is 0.733. The van der Waals surface area contributed by atoms with Crippen LogP contribution in [0.4, 0.5) is 9.93 Å². The normalized spacial score (nSPS) is 20.9. The van der Waals surface area contributed by atoms with E-state index in [1.54, 1.807) is 16.2 Å². The molecule has 1 atom stereocenters. The minimum absolute atomic E-state index is 0.135. The van der Waals surface area contributed by atoms with Crippen LogP contribution in [0.2, 0.25) is 0 Å². The van der Waals surface area contributed by atoms with Crippen molar-refractivity contribution in [2.75, 3.05) is 24.2 Å². The summed E-state index contributed by atoms with van der Waals surface area (Å²) < 4.78 is 11.6. The molecule has 5 nitrogen and oxygen atoms in total. The number of hydrogen-bond donors (Lipinski definition) is 1. The van der Waals surface area contributed by atoms with Crippen LogP contribution in [-0.4, -0.2) is 43.7 Å². The summed E-state index contributed by atoms with van der Waals surface area (Å²) in [4.78, 5) is 20.0. The van der Waals surface area contributed by atoms with E-state index < -0.39 is 10.8 Å². The molecule has 0 spiro atoms. The molecule has 7 heteroatoms. The first kappa shape index (κ1) is 17.4. The SMILES string of the molecule is CCCc1nc(NC(=O)N2CCS(=O)C(C)(C)C2)sc1CC. The van der Waals surface area contributed by atoms with Gasteiger partial charge in [0.1, 0.15) is 0 Å². The van der Waals surface area contributed by atoms with Crippen molar-refractivity contribution in [2.45, 2.75) is 51.7 Å². The summed E-state index contributed by atoms with van der Waals surface area (Å²) in [7, 11) is -0.873. The van der Waals surface area contributed by atoms with Crippen molar-refractivity contribution >= 4 is 33.3 Å². The summed E-state index contributed by atoms with van der Waals surface area (Å²) in [5.41, 5.74) is 1.10. The fourth-order valence-corrected chi connectivity index (χ4v) is 4.75. The maximum Gasteiger partial charge on any atom is 0.323 e. The molecule has 2 rings (SSSR count). The number of hydrogen-bond acceptors (Lipinski definition) is 4. The highest BCUT2D eigenvalue weighted by Gasteiger charge is 2.35. The smallest absolute Gasteiger partial charge is 0.322 e. The molecule has 124 valence electrons. The van der Waals surface area contributed by atoms with Crippen LogP contribution < -0.4 is 5.32 Å². The Kier molecular flexibility index (Phi) is 5.60. The maximum absolute atomic E-state index is 12.4. The van der Waals surface area contributed by atoms with Crippen LogP contribution in [0.15, 0.2) is 0 Å². The standard InChI is InChI=1S/C15H25N3O2S2/c1-5-7-11-12(6-2)21-13(16-11)17-14(19)18-8-9-22(20)15(3,4)10-18/h5-10H2,1-4H3,(H,16,17,19). The second-order valence-electron chi connectivity index (χ2n) is 6.15. The number of nitrogens with zero attached hydrogens (tertiary/aromatic N) is 2. The summed E-state index contributed by atoms with van der Waals surface area (Å²) in [6.45, 7) is 9.18. The third kappa shape index (κ3) is 3.87. The van der Waals surface area contributed by atoms with Crippen molar-refractivity contribution in [1.29, 1.82) is 0 Å². The van der Waals surface area contributed by atoms with Gasteiger partial charge in [-0.15, -0.1) is 11.3 Å². The molecule has 0 aromatic carbocycles. The van der Waals surface area contributed by atoms with E-state index in [1.165, 1.54) is 4.88 Å². The Balaban J connectivity index is 2.04. The lowest BCUT2D eigenvalue weighted by molar-refractivity contribution is 0.207. The Labute approximate surface area is 139 Å². The van der Waals surface area contributed by atoms with Crippen molar-refractivity contribution < 1.29 is 9.00 Å². The van der Waals surface area contributed by atoms with Crippen molar-refractivity contribution in [3.63, 3.8) is 0 Å². The number of carbonyl (C=O) groups is 1. The summed E-state index contributed by atoms with van der Waals surface area (Å²) in [6, 6.07) is -0.135. The fourth-order valence-electron chi connectivity index (χ4n) is 2.57. The molecule has 1 aliphatic heterocycles. The number of nitrogens with one attached hydrogen (secondary N) is 1. The van der Waals surface area contributed by atoms with Crippen LogP contribution in [0.1, 0.15) is 44.7 Å². The van der Waals surface area contributed by atoms with E-state index >= 15 is 0 Å². The molecule has 0 radical (unpaired) electrons. The molecule has 1 saturated heterocycles. The van der Waals surface area contributed by atoms with Gasteiger partial charge in [0.05, 0.1) is 10.4 Å². The molecule has 1 aromatic rings. The van der Waals surface area contributed by atoms with Crippen LogP contribution >= 0.6 is 11.3 Å². The summed E-state index contributed by atoms with van der Waals surface area (Å²) in [5, 5.41) is 3.59. The van der Waals surface area contributed by atoms with E-state index in [0.29, 0.717) is 24.0 Å². The van der Waals surface area contributed by atoms with Gasteiger partial charge in [0.2, 0.25) is 0 Å². The van der Waals surface area contributed by atoms with E-state index in [2.05, 4.69) is 24.1 Å². The van der Waals surface area contributed by atoms with Crippen LogP contribution in [0.25, 0.3) is 0 Å². The predicted molar refractivity (Wildman–Crippen MR) is 93.2 cm³/mol. The molecule has 2 heterocycles. The molecule has 2 amide bonds. The van der Waals surface area contributed by atoms with Gasteiger partial charge in [-0.3, -0.25) is 9.53 Å². The Bertz CT molecular complexity index is 569. The van der Waals surface area contributed by atoms with E-state index in [-0.39, 0.29) is 10.8 Å². The van der Waals surface area contributed by atoms with Crippen LogP contribution in [0, 0.1) is 0 Å². The first-order valence-corrected chi connectivity index (χ1v) is 9.94. The van der Waals surface area contributed by atoms with Crippen LogP contribution in [0.3, 0.4) is 0 Å². The van der Waals surface area contributed by atoms with Crippen LogP contribution in [-0.2, 0) is 23.6 Å². The van der Waals surface area contributed by atoms with Gasteiger partial charge in [-0.25, -0.2) is 9.78 Å². The molecule has 1 aromatic heterocycles. The topological polar surface area (TPSA) is 62.3 Å². The molecule has 22 heavy (non-hydrogen) atoms. The van der Waals surface area contributed by atoms with Crippen LogP contribution in [0.5, 0.6) is 0 Å². The number of aryl methyl sites for hydroxylation is 2. The first-order valence-electron chi connectivity index (χ1n) is 7.80. The lowest BCUT2D eigenvalue weighted by atomic mass is 10.2. The molecule has 0 saturated carbocycles. The largest absolute Gasteiger partial charge is 0.323 e. The van der Waals surface area contributed by atoms with Crippen molar-refractivity contribution in [3.8, 4) is 0 Å². The quantitative estimate of drug-likeness (QED) is 0.914. The minimum Gasteiger partial charge on any atom is -0.322 e. The van der Waals surface area contributed by atoms with Gasteiger partial charge in [-0.05, 0) is 26.7 Å². The number of rotatable bonds is 4. The summed E-state index contributed by atoms with van der Waals surface area (Å²) >= 11 is 1.56. The lowest BCUT2D eigenvalue weighted by Gasteiger charge is -2.36. The van der Waals surface area contributed by atoms with Crippen molar-refractivity contribution in [1.82, 2.24) is 9.88 Å². The zero-order chi connectivity index (χ0) is 16.3. The van der Waals surface area contributed by atoms with E-state index in [4.69, 9.17) is 0 Å². The average Bonchev–Trinajstić information content (AvgIpc) is 2.84. The molecular weight excluding hydrogens is 318 g/mol. The summed E-state index contributed by atoms with van der Waals surface area (Å²) in [6.07, 6.45) is 2.94.